The molecule has 2 aromatic rings. The Morgan fingerprint density at radius 2 is 2.00 bits per heavy atom. The number of pyridine rings is 1. The van der Waals surface area contributed by atoms with Gasteiger partial charge < -0.3 is 10.2 Å². The predicted molar refractivity (Wildman–Crippen MR) is 103 cm³/mol. The zero-order chi connectivity index (χ0) is 19.0. The molecule has 0 radical (unpaired) electrons. The minimum atomic E-state index is -3.65. The van der Waals surface area contributed by atoms with E-state index in [-0.39, 0.29) is 16.8 Å². The molecule has 0 spiro atoms. The third-order valence-corrected chi connectivity index (χ3v) is 7.27. The largest absolute Gasteiger partial charge is 0.339 e. The van der Waals surface area contributed by atoms with Gasteiger partial charge in [-0.25, -0.2) is 8.42 Å². The molecule has 1 atom stereocenters. The van der Waals surface area contributed by atoms with Gasteiger partial charge in [-0.15, -0.1) is 0 Å². The number of sulfonamides is 1. The summed E-state index contributed by atoms with van der Waals surface area (Å²) < 4.78 is 27.8. The summed E-state index contributed by atoms with van der Waals surface area (Å²) in [6.07, 6.45) is 3.56. The van der Waals surface area contributed by atoms with Gasteiger partial charge in [-0.1, -0.05) is 12.1 Å². The second-order valence-corrected chi connectivity index (χ2v) is 9.13. The van der Waals surface area contributed by atoms with E-state index in [0.29, 0.717) is 31.7 Å². The summed E-state index contributed by atoms with van der Waals surface area (Å²) in [6, 6.07) is 7.06. The van der Waals surface area contributed by atoms with Gasteiger partial charge in [0, 0.05) is 37.8 Å². The number of hydrogen-bond acceptors (Lipinski definition) is 5. The number of hydrogen-bond donors (Lipinski definition) is 1. The number of benzene rings is 1. The first-order valence-corrected chi connectivity index (χ1v) is 10.8. The van der Waals surface area contributed by atoms with Gasteiger partial charge in [-0.05, 0) is 44.0 Å². The smallest absolute Gasteiger partial charge is 0.245 e. The van der Waals surface area contributed by atoms with Crippen molar-refractivity contribution < 1.29 is 13.2 Å². The molecule has 1 unspecified atom stereocenters. The summed E-state index contributed by atoms with van der Waals surface area (Å²) in [5, 5.41) is 4.03. The van der Waals surface area contributed by atoms with Crippen molar-refractivity contribution in [3.05, 3.63) is 36.0 Å². The van der Waals surface area contributed by atoms with Crippen LogP contribution >= 0.6 is 0 Å². The number of aromatic nitrogens is 1. The van der Waals surface area contributed by atoms with Crippen molar-refractivity contribution in [1.82, 2.24) is 19.5 Å². The lowest BCUT2D eigenvalue weighted by Gasteiger charge is -2.35. The van der Waals surface area contributed by atoms with Crippen molar-refractivity contribution in [2.45, 2.75) is 30.7 Å². The predicted octanol–water partition coefficient (Wildman–Crippen LogP) is 1.13. The van der Waals surface area contributed by atoms with Gasteiger partial charge >= 0.3 is 0 Å². The van der Waals surface area contributed by atoms with Crippen LogP contribution in [0.1, 0.15) is 18.4 Å². The third-order valence-electron chi connectivity index (χ3n) is 5.34. The minimum absolute atomic E-state index is 0.0897. The van der Waals surface area contributed by atoms with Gasteiger partial charge in [0.15, 0.2) is 0 Å². The maximum absolute atomic E-state index is 13.2. The van der Waals surface area contributed by atoms with Gasteiger partial charge in [-0.2, -0.15) is 4.31 Å². The van der Waals surface area contributed by atoms with E-state index in [9.17, 15) is 13.2 Å². The van der Waals surface area contributed by atoms with Gasteiger partial charge in [-0.3, -0.25) is 9.78 Å². The van der Waals surface area contributed by atoms with E-state index in [1.54, 1.807) is 23.2 Å². The van der Waals surface area contributed by atoms with Crippen molar-refractivity contribution in [3.63, 3.8) is 0 Å². The van der Waals surface area contributed by atoms with E-state index in [1.165, 1.54) is 4.31 Å². The summed E-state index contributed by atoms with van der Waals surface area (Å²) >= 11 is 0. The fraction of sp³-hybridized carbons (Fsp3) is 0.474. The van der Waals surface area contributed by atoms with E-state index in [2.05, 4.69) is 10.3 Å². The molecular formula is C19H24N4O3S. The number of fused-ring (bicyclic) bond motifs is 1. The number of rotatable bonds is 3. The number of nitrogens with zero attached hydrogens (tertiary/aromatic N) is 3. The van der Waals surface area contributed by atoms with E-state index in [0.717, 1.165) is 30.3 Å². The van der Waals surface area contributed by atoms with Gasteiger partial charge in [0.2, 0.25) is 15.9 Å². The Labute approximate surface area is 159 Å². The van der Waals surface area contributed by atoms with Crippen LogP contribution in [0.25, 0.3) is 10.9 Å². The molecule has 8 heteroatoms. The molecule has 2 fully saturated rings. The van der Waals surface area contributed by atoms with Crippen molar-refractivity contribution in [2.24, 2.45) is 0 Å². The van der Waals surface area contributed by atoms with Crippen LogP contribution in [0.5, 0.6) is 0 Å². The average Bonchev–Trinajstić information content (AvgIpc) is 3.21. The fourth-order valence-corrected chi connectivity index (χ4v) is 5.44. The molecule has 7 nitrogen and oxygen atoms in total. The van der Waals surface area contributed by atoms with Crippen LogP contribution in [0, 0.1) is 6.92 Å². The zero-order valence-corrected chi connectivity index (χ0v) is 16.2. The molecule has 27 heavy (non-hydrogen) atoms. The average molecular weight is 388 g/mol. The van der Waals surface area contributed by atoms with Crippen LogP contribution in [0.2, 0.25) is 0 Å². The molecule has 0 aliphatic carbocycles. The van der Waals surface area contributed by atoms with Crippen molar-refractivity contribution in [1.29, 1.82) is 0 Å². The highest BCUT2D eigenvalue weighted by molar-refractivity contribution is 7.89. The first-order chi connectivity index (χ1) is 13.0. The standard InChI is InChI=1S/C19H24N4O3S/c1-14-12-15-4-2-6-17(18(15)21-13-14)27(25,26)23-10-8-22(9-11-23)19(24)16-5-3-7-20-16/h2,4,6,12-13,16,20H,3,5,7-11H2,1H3. The van der Waals surface area contributed by atoms with Crippen LogP contribution in [0.15, 0.2) is 35.4 Å². The van der Waals surface area contributed by atoms with Gasteiger partial charge in [0.05, 0.1) is 11.6 Å². The molecule has 2 aliphatic heterocycles. The normalized spacial score (nSPS) is 21.7. The molecule has 144 valence electrons. The molecule has 1 aromatic heterocycles. The van der Waals surface area contributed by atoms with E-state index in [4.69, 9.17) is 0 Å². The zero-order valence-electron chi connectivity index (χ0n) is 15.4. The lowest BCUT2D eigenvalue weighted by atomic mass is 10.2. The van der Waals surface area contributed by atoms with Gasteiger partial charge in [0.1, 0.15) is 4.90 Å². The van der Waals surface area contributed by atoms with Gasteiger partial charge in [0.25, 0.3) is 0 Å². The third kappa shape index (κ3) is 3.44. The summed E-state index contributed by atoms with van der Waals surface area (Å²) in [4.78, 5) is 18.9. The Morgan fingerprint density at radius 3 is 2.70 bits per heavy atom. The highest BCUT2D eigenvalue weighted by Crippen LogP contribution is 2.25. The molecule has 4 rings (SSSR count). The Bertz CT molecular complexity index is 962. The molecule has 2 saturated heterocycles. The number of nitrogens with one attached hydrogen (secondary N) is 1. The highest BCUT2D eigenvalue weighted by atomic mass is 32.2. The van der Waals surface area contributed by atoms with Crippen LogP contribution in [-0.2, 0) is 14.8 Å². The number of amides is 1. The molecule has 1 N–H and O–H groups in total. The lowest BCUT2D eigenvalue weighted by molar-refractivity contribution is -0.134. The minimum Gasteiger partial charge on any atom is -0.339 e. The topological polar surface area (TPSA) is 82.6 Å². The Kier molecular flexibility index (Phi) is 4.88. The van der Waals surface area contributed by atoms with E-state index < -0.39 is 10.0 Å². The summed E-state index contributed by atoms with van der Waals surface area (Å²) in [7, 11) is -3.65. The van der Waals surface area contributed by atoms with Crippen LogP contribution in [0.3, 0.4) is 0 Å². The molecule has 0 bridgehead atoms. The Hall–Kier alpha value is -2.03. The number of carbonyl (C=O) groups is 1. The molecule has 1 aromatic carbocycles. The first kappa shape index (κ1) is 18.3. The quantitative estimate of drug-likeness (QED) is 0.852. The first-order valence-electron chi connectivity index (χ1n) is 9.34. The highest BCUT2D eigenvalue weighted by Gasteiger charge is 2.34. The summed E-state index contributed by atoms with van der Waals surface area (Å²) in [5.41, 5.74) is 1.49. The second-order valence-electron chi connectivity index (χ2n) is 7.22. The fourth-order valence-electron chi connectivity index (χ4n) is 3.85. The number of para-hydroxylation sites is 1. The SMILES string of the molecule is Cc1cnc2c(S(=O)(=O)N3CCN(C(=O)C4CCCN4)CC3)cccc2c1. The van der Waals surface area contributed by atoms with Crippen molar-refractivity contribution >= 4 is 26.8 Å². The Morgan fingerprint density at radius 1 is 1.22 bits per heavy atom. The molecule has 2 aliphatic rings. The van der Waals surface area contributed by atoms with Crippen LogP contribution in [0.4, 0.5) is 0 Å². The summed E-state index contributed by atoms with van der Waals surface area (Å²) in [6.45, 7) is 4.27. The lowest BCUT2D eigenvalue weighted by Crippen LogP contribution is -2.54. The number of aryl methyl sites for hydroxylation is 1. The van der Waals surface area contributed by atoms with Crippen molar-refractivity contribution in [2.75, 3.05) is 32.7 Å². The molecule has 0 saturated carbocycles. The molecular weight excluding hydrogens is 364 g/mol. The van der Waals surface area contributed by atoms with E-state index >= 15 is 0 Å². The molecule has 3 heterocycles. The van der Waals surface area contributed by atoms with Crippen LogP contribution in [-0.4, -0.2) is 67.3 Å². The maximum Gasteiger partial charge on any atom is 0.245 e. The maximum atomic E-state index is 13.2. The van der Waals surface area contributed by atoms with E-state index in [1.807, 2.05) is 19.1 Å². The molecule has 1 amide bonds. The number of piperazine rings is 1. The van der Waals surface area contributed by atoms with Crippen LogP contribution < -0.4 is 5.32 Å². The monoisotopic (exact) mass is 388 g/mol. The second kappa shape index (κ2) is 7.18. The summed E-state index contributed by atoms with van der Waals surface area (Å²) in [5.74, 6) is 0.0897. The van der Waals surface area contributed by atoms with Crippen molar-refractivity contribution in [3.8, 4) is 0 Å². The number of carbonyl (C=O) groups excluding carboxylic acids is 1. The Balaban J connectivity index is 1.53.